The Balaban J connectivity index is 1.36. The second-order valence-corrected chi connectivity index (χ2v) is 9.34. The van der Waals surface area contributed by atoms with E-state index in [9.17, 15) is 0 Å². The lowest BCUT2D eigenvalue weighted by atomic mass is 9.96. The maximum Gasteiger partial charge on any atom is 0.118 e. The Labute approximate surface area is 174 Å². The molecule has 0 unspecified atom stereocenters. The Bertz CT molecular complexity index is 705. The van der Waals surface area contributed by atoms with Crippen molar-refractivity contribution in [2.45, 2.75) is 45.6 Å². The van der Waals surface area contributed by atoms with Crippen LogP contribution >= 0.6 is 11.3 Å². The second-order valence-electron chi connectivity index (χ2n) is 8.40. The van der Waals surface area contributed by atoms with Crippen LogP contribution in [0.4, 0.5) is 0 Å². The number of aromatic nitrogens is 1. The number of nitrogens with zero attached hydrogens (tertiary/aromatic N) is 3. The van der Waals surface area contributed by atoms with Crippen molar-refractivity contribution in [1.82, 2.24) is 14.8 Å². The van der Waals surface area contributed by atoms with E-state index in [4.69, 9.17) is 9.72 Å². The molecular weight excluding hydrogens is 366 g/mol. The smallest absolute Gasteiger partial charge is 0.118 e. The third kappa shape index (κ3) is 6.29. The molecule has 2 aromatic rings. The summed E-state index contributed by atoms with van der Waals surface area (Å²) in [4.78, 5) is 9.86. The normalized spacial score (nSPS) is 16.2. The number of ether oxygens (including phenoxy) is 1. The summed E-state index contributed by atoms with van der Waals surface area (Å²) >= 11 is 1.81. The maximum atomic E-state index is 5.24. The summed E-state index contributed by atoms with van der Waals surface area (Å²) in [7, 11) is 3.96. The van der Waals surface area contributed by atoms with Gasteiger partial charge in [-0.25, -0.2) is 4.98 Å². The van der Waals surface area contributed by atoms with Crippen molar-refractivity contribution in [3.05, 3.63) is 45.9 Å². The van der Waals surface area contributed by atoms with Gasteiger partial charge in [-0.3, -0.25) is 4.90 Å². The van der Waals surface area contributed by atoms with Gasteiger partial charge in [0.2, 0.25) is 0 Å². The molecule has 2 heterocycles. The van der Waals surface area contributed by atoms with Crippen molar-refractivity contribution in [3.8, 4) is 5.75 Å². The van der Waals surface area contributed by atoms with Gasteiger partial charge in [0.15, 0.2) is 0 Å². The van der Waals surface area contributed by atoms with Crippen molar-refractivity contribution in [3.63, 3.8) is 0 Å². The molecule has 0 N–H and O–H groups in total. The summed E-state index contributed by atoms with van der Waals surface area (Å²) in [6.45, 7) is 10.2. The van der Waals surface area contributed by atoms with Crippen LogP contribution in [0.15, 0.2) is 29.6 Å². The molecule has 3 rings (SSSR count). The van der Waals surface area contributed by atoms with Crippen LogP contribution in [0.25, 0.3) is 0 Å². The molecule has 1 aliphatic heterocycles. The number of rotatable bonds is 9. The third-order valence-corrected chi connectivity index (χ3v) is 6.57. The molecule has 5 heteroatoms. The predicted molar refractivity (Wildman–Crippen MR) is 118 cm³/mol. The van der Waals surface area contributed by atoms with Gasteiger partial charge in [0.05, 0.1) is 19.3 Å². The molecule has 1 saturated heterocycles. The van der Waals surface area contributed by atoms with Gasteiger partial charge in [-0.15, -0.1) is 11.3 Å². The Hall–Kier alpha value is -1.43. The average molecular weight is 402 g/mol. The standard InChI is InChI=1S/C23H35N3OS/c1-18(2)22-17-28-23(24-22)16-25(3)15-20-10-13-26(14-11-20)12-9-19-5-7-21(27-4)8-6-19/h5-8,17-18,20H,9-16H2,1-4H3. The minimum atomic E-state index is 0.526. The zero-order valence-electron chi connectivity index (χ0n) is 17.9. The fourth-order valence-electron chi connectivity index (χ4n) is 3.87. The lowest BCUT2D eigenvalue weighted by Crippen LogP contribution is -2.38. The van der Waals surface area contributed by atoms with Crippen LogP contribution in [0.5, 0.6) is 5.75 Å². The van der Waals surface area contributed by atoms with E-state index < -0.39 is 0 Å². The second kappa shape index (κ2) is 10.4. The fourth-order valence-corrected chi connectivity index (χ4v) is 4.91. The van der Waals surface area contributed by atoms with Gasteiger partial charge in [0, 0.05) is 18.5 Å². The maximum absolute atomic E-state index is 5.24. The number of hydrogen-bond donors (Lipinski definition) is 0. The predicted octanol–water partition coefficient (Wildman–Crippen LogP) is 4.66. The highest BCUT2D eigenvalue weighted by Gasteiger charge is 2.20. The number of thiazole rings is 1. The molecule has 1 aromatic carbocycles. The van der Waals surface area contributed by atoms with E-state index in [0.29, 0.717) is 5.92 Å². The molecule has 4 nitrogen and oxygen atoms in total. The van der Waals surface area contributed by atoms with Gasteiger partial charge in [-0.2, -0.15) is 0 Å². The summed E-state index contributed by atoms with van der Waals surface area (Å²) in [6, 6.07) is 8.49. The fraction of sp³-hybridized carbons (Fsp3) is 0.609. The Morgan fingerprint density at radius 2 is 1.93 bits per heavy atom. The highest BCUT2D eigenvalue weighted by atomic mass is 32.1. The van der Waals surface area contributed by atoms with Gasteiger partial charge >= 0.3 is 0 Å². The highest BCUT2D eigenvalue weighted by molar-refractivity contribution is 7.09. The zero-order valence-corrected chi connectivity index (χ0v) is 18.7. The molecule has 0 aliphatic carbocycles. The van der Waals surface area contributed by atoms with Crippen molar-refractivity contribution in [1.29, 1.82) is 0 Å². The largest absolute Gasteiger partial charge is 0.497 e. The van der Waals surface area contributed by atoms with Gasteiger partial charge in [0.1, 0.15) is 10.8 Å². The molecule has 1 aromatic heterocycles. The van der Waals surface area contributed by atoms with E-state index in [2.05, 4.69) is 60.3 Å². The quantitative estimate of drug-likeness (QED) is 0.611. The van der Waals surface area contributed by atoms with E-state index in [1.165, 1.54) is 48.7 Å². The van der Waals surface area contributed by atoms with Gasteiger partial charge < -0.3 is 9.64 Å². The SMILES string of the molecule is COc1ccc(CCN2CCC(CN(C)Cc3nc(C(C)C)cs3)CC2)cc1. The summed E-state index contributed by atoms with van der Waals surface area (Å²) in [6.07, 6.45) is 3.74. The van der Waals surface area contributed by atoms with Crippen molar-refractivity contribution in [2.24, 2.45) is 5.92 Å². The molecule has 0 saturated carbocycles. The van der Waals surface area contributed by atoms with Crippen LogP contribution in [0.3, 0.4) is 0 Å². The van der Waals surface area contributed by atoms with E-state index in [0.717, 1.165) is 31.2 Å². The molecule has 0 atom stereocenters. The summed E-state index contributed by atoms with van der Waals surface area (Å²) in [5.41, 5.74) is 2.63. The average Bonchev–Trinajstić information content (AvgIpc) is 3.16. The molecule has 0 bridgehead atoms. The topological polar surface area (TPSA) is 28.6 Å². The molecular formula is C23H35N3OS. The molecule has 1 fully saturated rings. The lowest BCUT2D eigenvalue weighted by Gasteiger charge is -2.33. The first-order chi connectivity index (χ1) is 13.5. The lowest BCUT2D eigenvalue weighted by molar-refractivity contribution is 0.153. The molecule has 154 valence electrons. The first kappa shape index (κ1) is 21.3. The van der Waals surface area contributed by atoms with Crippen LogP contribution in [0, 0.1) is 5.92 Å². The first-order valence-corrected chi connectivity index (χ1v) is 11.4. The number of likely N-dealkylation sites (tertiary alicyclic amines) is 1. The van der Waals surface area contributed by atoms with Gasteiger partial charge in [-0.05, 0) is 68.9 Å². The molecule has 0 spiro atoms. The van der Waals surface area contributed by atoms with Crippen molar-refractivity contribution >= 4 is 11.3 Å². The van der Waals surface area contributed by atoms with Crippen molar-refractivity contribution < 1.29 is 4.74 Å². The summed E-state index contributed by atoms with van der Waals surface area (Å²) in [5.74, 6) is 2.27. The number of methoxy groups -OCH3 is 1. The minimum Gasteiger partial charge on any atom is -0.497 e. The number of benzene rings is 1. The zero-order chi connectivity index (χ0) is 19.9. The Morgan fingerprint density at radius 3 is 2.54 bits per heavy atom. The Morgan fingerprint density at radius 1 is 1.21 bits per heavy atom. The molecule has 1 aliphatic rings. The number of hydrogen-bond acceptors (Lipinski definition) is 5. The van der Waals surface area contributed by atoms with Crippen LogP contribution in [-0.4, -0.2) is 55.1 Å². The van der Waals surface area contributed by atoms with Crippen LogP contribution in [0.1, 0.15) is 48.9 Å². The van der Waals surface area contributed by atoms with Gasteiger partial charge in [-0.1, -0.05) is 26.0 Å². The van der Waals surface area contributed by atoms with E-state index in [1.807, 2.05) is 0 Å². The minimum absolute atomic E-state index is 0.526. The highest BCUT2D eigenvalue weighted by Crippen LogP contribution is 2.22. The first-order valence-electron chi connectivity index (χ1n) is 10.5. The molecule has 0 amide bonds. The van der Waals surface area contributed by atoms with E-state index in [1.54, 1.807) is 18.4 Å². The van der Waals surface area contributed by atoms with Crippen LogP contribution in [-0.2, 0) is 13.0 Å². The van der Waals surface area contributed by atoms with E-state index in [-0.39, 0.29) is 0 Å². The molecule has 28 heavy (non-hydrogen) atoms. The van der Waals surface area contributed by atoms with Crippen LogP contribution in [0.2, 0.25) is 0 Å². The van der Waals surface area contributed by atoms with Crippen molar-refractivity contribution in [2.75, 3.05) is 40.3 Å². The van der Waals surface area contributed by atoms with Gasteiger partial charge in [0.25, 0.3) is 0 Å². The number of piperidine rings is 1. The monoisotopic (exact) mass is 401 g/mol. The van der Waals surface area contributed by atoms with E-state index >= 15 is 0 Å². The molecule has 0 radical (unpaired) electrons. The third-order valence-electron chi connectivity index (χ3n) is 5.72. The Kier molecular flexibility index (Phi) is 7.89. The summed E-state index contributed by atoms with van der Waals surface area (Å²) < 4.78 is 5.24. The van der Waals surface area contributed by atoms with Crippen LogP contribution < -0.4 is 4.74 Å². The summed E-state index contributed by atoms with van der Waals surface area (Å²) in [5, 5.41) is 3.47.